The maximum atomic E-state index is 10.9. The topological polar surface area (TPSA) is 26.3 Å². The third-order valence-electron chi connectivity index (χ3n) is 3.47. The molecule has 0 aromatic carbocycles. The highest BCUT2D eigenvalue weighted by Gasteiger charge is 1.99. The van der Waals surface area contributed by atoms with Crippen LogP contribution < -0.4 is 0 Å². The van der Waals surface area contributed by atoms with Gasteiger partial charge in [0.1, 0.15) is 0 Å². The molecule has 0 amide bonds. The Morgan fingerprint density at radius 2 is 1.48 bits per heavy atom. The molecule has 0 spiro atoms. The predicted molar refractivity (Wildman–Crippen MR) is 95.0 cm³/mol. The van der Waals surface area contributed by atoms with E-state index < -0.39 is 6.37 Å². The Kier molecular flexibility index (Phi) is 14.6. The van der Waals surface area contributed by atoms with Gasteiger partial charge in [0.25, 0.3) is 0 Å². The van der Waals surface area contributed by atoms with Gasteiger partial charge in [-0.1, -0.05) is 64.7 Å². The quantitative estimate of drug-likeness (QED) is 0.258. The lowest BCUT2D eigenvalue weighted by Crippen LogP contribution is -1.99. The number of rotatable bonds is 16. The summed E-state index contributed by atoms with van der Waals surface area (Å²) in [6.07, 6.45) is 11.2. The van der Waals surface area contributed by atoms with E-state index in [4.69, 9.17) is 2.74 Å². The Bertz CT molecular complexity index is 286. The van der Waals surface area contributed by atoms with E-state index in [0.717, 1.165) is 32.1 Å². The summed E-state index contributed by atoms with van der Waals surface area (Å²) in [5, 5.41) is 0. The third-order valence-corrected chi connectivity index (χ3v) is 4.62. The SMILES string of the molecule is [2H]C([2H])(CCC)CCCCCCCSCCCCCC(=O)OC. The number of hydrogen-bond donors (Lipinski definition) is 0. The molecule has 0 aliphatic heterocycles. The molecule has 2 nitrogen and oxygen atoms in total. The van der Waals surface area contributed by atoms with Crippen LogP contribution in [0.2, 0.25) is 0 Å². The Morgan fingerprint density at radius 1 is 0.905 bits per heavy atom. The van der Waals surface area contributed by atoms with Crippen LogP contribution in [0.15, 0.2) is 0 Å². The molecule has 0 aliphatic rings. The average Bonchev–Trinajstić information content (AvgIpc) is 2.51. The molecular formula is C18H36O2S. The van der Waals surface area contributed by atoms with Crippen LogP contribution in [0.3, 0.4) is 0 Å². The minimum atomic E-state index is -0.946. The standard InChI is InChI=1S/C18H36O2S/c1-3-4-5-6-7-8-9-10-13-16-21-17-14-11-12-15-18(19)20-2/h3-17H2,1-2H3/i5D2. The van der Waals surface area contributed by atoms with Crippen LogP contribution in [0.5, 0.6) is 0 Å². The van der Waals surface area contributed by atoms with E-state index in [2.05, 4.69) is 11.7 Å². The van der Waals surface area contributed by atoms with Crippen molar-refractivity contribution < 1.29 is 12.3 Å². The molecular weight excluding hydrogens is 280 g/mol. The van der Waals surface area contributed by atoms with Crippen molar-refractivity contribution >= 4 is 17.7 Å². The van der Waals surface area contributed by atoms with Gasteiger partial charge in [-0.3, -0.25) is 4.79 Å². The molecule has 0 fully saturated rings. The van der Waals surface area contributed by atoms with Crippen LogP contribution in [-0.4, -0.2) is 24.6 Å². The van der Waals surface area contributed by atoms with E-state index in [1.54, 1.807) is 0 Å². The second-order valence-electron chi connectivity index (χ2n) is 5.52. The van der Waals surface area contributed by atoms with Crippen LogP contribution in [0.25, 0.3) is 0 Å². The fourth-order valence-corrected chi connectivity index (χ4v) is 3.16. The second kappa shape index (κ2) is 17.9. The lowest BCUT2D eigenvalue weighted by molar-refractivity contribution is -0.140. The van der Waals surface area contributed by atoms with Crippen molar-refractivity contribution in [3.8, 4) is 0 Å². The number of unbranched alkanes of at least 4 members (excludes halogenated alkanes) is 6. The third kappa shape index (κ3) is 17.8. The largest absolute Gasteiger partial charge is 0.469 e. The van der Waals surface area contributed by atoms with E-state index in [1.165, 1.54) is 50.7 Å². The number of hydrogen-bond acceptors (Lipinski definition) is 3. The first kappa shape index (κ1) is 17.2. The summed E-state index contributed by atoms with van der Waals surface area (Å²) in [7, 11) is 1.44. The van der Waals surface area contributed by atoms with Gasteiger partial charge in [-0.25, -0.2) is 0 Å². The van der Waals surface area contributed by atoms with Gasteiger partial charge >= 0.3 is 5.97 Å². The van der Waals surface area contributed by atoms with E-state index in [-0.39, 0.29) is 5.97 Å². The molecule has 0 atom stereocenters. The summed E-state index contributed by atoms with van der Waals surface area (Å²) in [6, 6.07) is 0. The van der Waals surface area contributed by atoms with Gasteiger partial charge in [-0.15, -0.1) is 0 Å². The van der Waals surface area contributed by atoms with E-state index in [9.17, 15) is 4.79 Å². The minimum Gasteiger partial charge on any atom is -0.469 e. The molecule has 0 saturated heterocycles. The van der Waals surface area contributed by atoms with Crippen LogP contribution in [0.4, 0.5) is 0 Å². The maximum absolute atomic E-state index is 10.9. The number of thioether (sulfide) groups is 1. The van der Waals surface area contributed by atoms with Crippen molar-refractivity contribution in [1.29, 1.82) is 0 Å². The minimum absolute atomic E-state index is 0.0968. The number of methoxy groups -OCH3 is 1. The number of ether oxygens (including phenoxy) is 1. The number of carbonyl (C=O) groups excluding carboxylic acids is 1. The molecule has 0 N–H and O–H groups in total. The summed E-state index contributed by atoms with van der Waals surface area (Å²) >= 11 is 2.02. The first-order valence-electron chi connectivity index (χ1n) is 9.66. The van der Waals surface area contributed by atoms with E-state index in [0.29, 0.717) is 12.8 Å². The maximum Gasteiger partial charge on any atom is 0.305 e. The highest BCUT2D eigenvalue weighted by Crippen LogP contribution is 2.13. The van der Waals surface area contributed by atoms with Crippen molar-refractivity contribution in [2.75, 3.05) is 18.6 Å². The zero-order valence-electron chi connectivity index (χ0n) is 16.1. The summed E-state index contributed by atoms with van der Waals surface area (Å²) in [5.41, 5.74) is 0. The predicted octanol–water partition coefficient (Wildman–Crippen LogP) is 5.98. The molecule has 0 bridgehead atoms. The molecule has 0 aliphatic carbocycles. The molecule has 0 rings (SSSR count). The highest BCUT2D eigenvalue weighted by atomic mass is 32.2. The number of carbonyl (C=O) groups is 1. The van der Waals surface area contributed by atoms with Crippen LogP contribution in [-0.2, 0) is 9.53 Å². The van der Waals surface area contributed by atoms with Crippen molar-refractivity contribution in [2.45, 2.75) is 90.3 Å². The van der Waals surface area contributed by atoms with Crippen LogP contribution in [0.1, 0.15) is 93.1 Å². The zero-order chi connectivity index (χ0) is 17.4. The Hall–Kier alpha value is -0.180. The normalized spacial score (nSPS) is 12.9. The molecule has 3 heteroatoms. The highest BCUT2D eigenvalue weighted by molar-refractivity contribution is 7.99. The fraction of sp³-hybridized carbons (Fsp3) is 0.944. The summed E-state index contributed by atoms with van der Waals surface area (Å²) < 4.78 is 20.3. The van der Waals surface area contributed by atoms with Crippen LogP contribution in [0, 0.1) is 0 Å². The Balaban J connectivity index is 3.18. The Morgan fingerprint density at radius 3 is 2.10 bits per heavy atom. The van der Waals surface area contributed by atoms with Gasteiger partial charge in [-0.05, 0) is 30.8 Å². The van der Waals surface area contributed by atoms with E-state index in [1.807, 2.05) is 11.8 Å². The second-order valence-corrected chi connectivity index (χ2v) is 6.74. The van der Waals surface area contributed by atoms with Crippen LogP contribution >= 0.6 is 11.8 Å². The van der Waals surface area contributed by atoms with Crippen molar-refractivity contribution in [3.05, 3.63) is 0 Å². The lowest BCUT2D eigenvalue weighted by Gasteiger charge is -2.03. The average molecular weight is 319 g/mol. The lowest BCUT2D eigenvalue weighted by atomic mass is 10.1. The molecule has 0 aromatic rings. The summed E-state index contributed by atoms with van der Waals surface area (Å²) in [6.45, 7) is 2.05. The van der Waals surface area contributed by atoms with Crippen molar-refractivity contribution in [3.63, 3.8) is 0 Å². The molecule has 0 radical (unpaired) electrons. The number of esters is 1. The summed E-state index contributed by atoms with van der Waals surface area (Å²) in [4.78, 5) is 10.9. The van der Waals surface area contributed by atoms with E-state index >= 15 is 0 Å². The zero-order valence-corrected chi connectivity index (χ0v) is 14.9. The molecule has 0 aromatic heterocycles. The van der Waals surface area contributed by atoms with Gasteiger partial charge in [-0.2, -0.15) is 11.8 Å². The smallest absolute Gasteiger partial charge is 0.305 e. The monoisotopic (exact) mass is 318 g/mol. The van der Waals surface area contributed by atoms with Gasteiger partial charge in [0.15, 0.2) is 0 Å². The van der Waals surface area contributed by atoms with Gasteiger partial charge in [0, 0.05) is 9.16 Å². The van der Waals surface area contributed by atoms with Crippen molar-refractivity contribution in [1.82, 2.24) is 0 Å². The van der Waals surface area contributed by atoms with Crippen molar-refractivity contribution in [2.24, 2.45) is 0 Å². The van der Waals surface area contributed by atoms with Gasteiger partial charge < -0.3 is 4.74 Å². The first-order chi connectivity index (χ1) is 11.0. The fourth-order valence-electron chi connectivity index (χ4n) is 2.14. The summed E-state index contributed by atoms with van der Waals surface area (Å²) in [5.74, 6) is 2.33. The molecule has 0 unspecified atom stereocenters. The molecule has 126 valence electrons. The molecule has 21 heavy (non-hydrogen) atoms. The first-order valence-corrected chi connectivity index (χ1v) is 9.82. The molecule has 0 saturated carbocycles. The van der Waals surface area contributed by atoms with Gasteiger partial charge in [0.2, 0.25) is 0 Å². The van der Waals surface area contributed by atoms with Gasteiger partial charge in [0.05, 0.1) is 7.11 Å². The molecule has 0 heterocycles. The Labute approximate surface area is 139 Å².